The van der Waals surface area contributed by atoms with Crippen LogP contribution in [0.4, 0.5) is 0 Å². The molecule has 22 heavy (non-hydrogen) atoms. The van der Waals surface area contributed by atoms with Gasteiger partial charge in [-0.05, 0) is 52.0 Å². The molecule has 0 spiro atoms. The monoisotopic (exact) mass is 435 g/mol. The maximum atomic E-state index is 4.72. The largest absolute Gasteiger partial charge is 0.357 e. The van der Waals surface area contributed by atoms with Gasteiger partial charge in [0.2, 0.25) is 0 Å². The zero-order valence-electron chi connectivity index (χ0n) is 14.6. The second kappa shape index (κ2) is 10.4. The molecule has 1 unspecified atom stereocenters. The van der Waals surface area contributed by atoms with Crippen LogP contribution in [0.3, 0.4) is 0 Å². The third kappa shape index (κ3) is 7.22. The summed E-state index contributed by atoms with van der Waals surface area (Å²) in [6.07, 6.45) is 2.13. The Kier molecular flexibility index (Phi) is 10.2. The van der Waals surface area contributed by atoms with Gasteiger partial charge in [0, 0.05) is 11.3 Å². The summed E-state index contributed by atoms with van der Waals surface area (Å²) < 4.78 is 0.161. The zero-order chi connectivity index (χ0) is 15.9. The Balaban J connectivity index is 0.00000441. The summed E-state index contributed by atoms with van der Waals surface area (Å²) in [5.74, 6) is 0.885. The van der Waals surface area contributed by atoms with E-state index in [2.05, 4.69) is 75.8 Å². The average Bonchev–Trinajstić information content (AvgIpc) is 2.45. The van der Waals surface area contributed by atoms with Gasteiger partial charge in [0.15, 0.2) is 5.96 Å². The molecule has 1 rings (SSSR count). The fourth-order valence-corrected chi connectivity index (χ4v) is 2.20. The SMILES string of the molecule is CCNC(=NCC(C)(C)SC)NC(C)c1ccccc1C.I. The van der Waals surface area contributed by atoms with Crippen molar-refractivity contribution in [2.75, 3.05) is 19.3 Å². The molecule has 0 bridgehead atoms. The molecule has 0 aromatic heterocycles. The first-order chi connectivity index (χ1) is 9.89. The van der Waals surface area contributed by atoms with E-state index >= 15 is 0 Å². The molecule has 5 heteroatoms. The lowest BCUT2D eigenvalue weighted by Gasteiger charge is -2.23. The van der Waals surface area contributed by atoms with Crippen molar-refractivity contribution in [1.29, 1.82) is 0 Å². The van der Waals surface area contributed by atoms with Crippen LogP contribution in [0.25, 0.3) is 0 Å². The lowest BCUT2D eigenvalue weighted by molar-refractivity contribution is 0.667. The predicted octanol–water partition coefficient (Wildman–Crippen LogP) is 4.37. The smallest absolute Gasteiger partial charge is 0.191 e. The summed E-state index contributed by atoms with van der Waals surface area (Å²) >= 11 is 1.84. The summed E-state index contributed by atoms with van der Waals surface area (Å²) in [6.45, 7) is 12.5. The number of halogens is 1. The van der Waals surface area contributed by atoms with Gasteiger partial charge in [0.05, 0.1) is 12.6 Å². The molecule has 2 N–H and O–H groups in total. The molecule has 0 aliphatic rings. The van der Waals surface area contributed by atoms with Gasteiger partial charge >= 0.3 is 0 Å². The van der Waals surface area contributed by atoms with E-state index in [0.29, 0.717) is 0 Å². The summed E-state index contributed by atoms with van der Waals surface area (Å²) in [7, 11) is 0. The van der Waals surface area contributed by atoms with Crippen molar-refractivity contribution in [2.24, 2.45) is 4.99 Å². The van der Waals surface area contributed by atoms with Gasteiger partial charge in [-0.1, -0.05) is 24.3 Å². The average molecular weight is 435 g/mol. The minimum atomic E-state index is 0. The van der Waals surface area contributed by atoms with Crippen LogP contribution >= 0.6 is 35.7 Å². The minimum Gasteiger partial charge on any atom is -0.357 e. The molecule has 1 atom stereocenters. The van der Waals surface area contributed by atoms with Crippen molar-refractivity contribution in [3.63, 3.8) is 0 Å². The van der Waals surface area contributed by atoms with Gasteiger partial charge < -0.3 is 10.6 Å². The molecule has 0 saturated heterocycles. The van der Waals surface area contributed by atoms with Crippen LogP contribution in [0.5, 0.6) is 0 Å². The molecule has 126 valence electrons. The van der Waals surface area contributed by atoms with Gasteiger partial charge in [-0.3, -0.25) is 4.99 Å². The van der Waals surface area contributed by atoms with Crippen LogP contribution in [0, 0.1) is 6.92 Å². The summed E-state index contributed by atoms with van der Waals surface area (Å²) in [6, 6.07) is 8.71. The molecule has 0 radical (unpaired) electrons. The van der Waals surface area contributed by atoms with Gasteiger partial charge in [-0.2, -0.15) is 11.8 Å². The molecule has 0 heterocycles. The minimum absolute atomic E-state index is 0. The van der Waals surface area contributed by atoms with Crippen molar-refractivity contribution >= 4 is 41.7 Å². The third-order valence-electron chi connectivity index (χ3n) is 3.52. The number of aliphatic imine (C=N–C) groups is 1. The summed E-state index contributed by atoms with van der Waals surface area (Å²) in [5, 5.41) is 6.83. The van der Waals surface area contributed by atoms with E-state index in [9.17, 15) is 0 Å². The fraction of sp³-hybridized carbons (Fsp3) is 0.588. The van der Waals surface area contributed by atoms with Gasteiger partial charge in [0.25, 0.3) is 0 Å². The standard InChI is InChI=1S/C17H29N3S.HI/c1-7-18-16(19-12-17(4,5)21-6)20-14(3)15-11-9-8-10-13(15)2;/h8-11,14H,7,12H2,1-6H3,(H2,18,19,20);1H. The molecule has 0 aliphatic carbocycles. The molecule has 0 fully saturated rings. The van der Waals surface area contributed by atoms with Gasteiger partial charge in [0.1, 0.15) is 0 Å². The number of nitrogens with one attached hydrogen (secondary N) is 2. The van der Waals surface area contributed by atoms with Crippen LogP contribution in [-0.4, -0.2) is 30.1 Å². The number of hydrogen-bond acceptors (Lipinski definition) is 2. The molecule has 0 aliphatic heterocycles. The first-order valence-electron chi connectivity index (χ1n) is 7.55. The molecular formula is C17H30IN3S. The molecule has 0 amide bonds. The van der Waals surface area contributed by atoms with Gasteiger partial charge in [-0.15, -0.1) is 24.0 Å². The van der Waals surface area contributed by atoms with Crippen LogP contribution < -0.4 is 10.6 Å². The lowest BCUT2D eigenvalue weighted by Crippen LogP contribution is -2.39. The maximum absolute atomic E-state index is 4.72. The molecular weight excluding hydrogens is 405 g/mol. The van der Waals surface area contributed by atoms with Crippen LogP contribution in [-0.2, 0) is 0 Å². The maximum Gasteiger partial charge on any atom is 0.191 e. The number of rotatable bonds is 6. The Morgan fingerprint density at radius 2 is 1.95 bits per heavy atom. The van der Waals surface area contributed by atoms with E-state index in [1.807, 2.05) is 11.8 Å². The molecule has 3 nitrogen and oxygen atoms in total. The molecule has 0 saturated carbocycles. The zero-order valence-corrected chi connectivity index (χ0v) is 17.7. The first-order valence-corrected chi connectivity index (χ1v) is 8.77. The van der Waals surface area contributed by atoms with E-state index in [4.69, 9.17) is 4.99 Å². The predicted molar refractivity (Wildman–Crippen MR) is 112 cm³/mol. The first kappa shape index (κ1) is 21.6. The second-order valence-electron chi connectivity index (χ2n) is 5.88. The van der Waals surface area contributed by atoms with Crippen molar-refractivity contribution in [2.45, 2.75) is 45.4 Å². The number of hydrogen-bond donors (Lipinski definition) is 2. The van der Waals surface area contributed by atoms with E-state index in [-0.39, 0.29) is 34.8 Å². The van der Waals surface area contributed by atoms with E-state index < -0.39 is 0 Å². The quantitative estimate of drug-likeness (QED) is 0.396. The van der Waals surface area contributed by atoms with Crippen molar-refractivity contribution in [3.05, 3.63) is 35.4 Å². The normalized spacial score (nSPS) is 13.3. The van der Waals surface area contributed by atoms with Gasteiger partial charge in [-0.25, -0.2) is 0 Å². The van der Waals surface area contributed by atoms with Crippen molar-refractivity contribution < 1.29 is 0 Å². The molecule has 1 aromatic carbocycles. The Labute approximate surface area is 157 Å². The van der Waals surface area contributed by atoms with Crippen LogP contribution in [0.1, 0.15) is 44.9 Å². The Bertz CT molecular complexity index is 475. The Hall–Kier alpha value is -0.430. The van der Waals surface area contributed by atoms with Crippen molar-refractivity contribution in [1.82, 2.24) is 10.6 Å². The number of guanidine groups is 1. The number of benzene rings is 1. The number of nitrogens with zero attached hydrogens (tertiary/aromatic N) is 1. The Morgan fingerprint density at radius 1 is 1.32 bits per heavy atom. The fourth-order valence-electron chi connectivity index (χ4n) is 2.01. The number of thioether (sulfide) groups is 1. The highest BCUT2D eigenvalue weighted by atomic mass is 127. The molecule has 1 aromatic rings. The summed E-state index contributed by atoms with van der Waals surface area (Å²) in [5.41, 5.74) is 2.62. The summed E-state index contributed by atoms with van der Waals surface area (Å²) in [4.78, 5) is 4.72. The topological polar surface area (TPSA) is 36.4 Å². The van der Waals surface area contributed by atoms with Crippen LogP contribution in [0.15, 0.2) is 29.3 Å². The van der Waals surface area contributed by atoms with E-state index in [1.165, 1.54) is 11.1 Å². The van der Waals surface area contributed by atoms with E-state index in [0.717, 1.165) is 19.0 Å². The second-order valence-corrected chi connectivity index (χ2v) is 7.40. The highest BCUT2D eigenvalue weighted by Gasteiger charge is 2.16. The Morgan fingerprint density at radius 3 is 2.50 bits per heavy atom. The number of aryl methyl sites for hydroxylation is 1. The third-order valence-corrected chi connectivity index (χ3v) is 4.76. The van der Waals surface area contributed by atoms with Crippen molar-refractivity contribution in [3.8, 4) is 0 Å². The highest BCUT2D eigenvalue weighted by Crippen LogP contribution is 2.21. The highest BCUT2D eigenvalue weighted by molar-refractivity contribution is 14.0. The lowest BCUT2D eigenvalue weighted by atomic mass is 10.0. The van der Waals surface area contributed by atoms with Crippen LogP contribution in [0.2, 0.25) is 0 Å². The van der Waals surface area contributed by atoms with E-state index in [1.54, 1.807) is 0 Å².